The molecule has 0 aliphatic rings. The summed E-state index contributed by atoms with van der Waals surface area (Å²) in [7, 11) is 0. The van der Waals surface area contributed by atoms with Crippen molar-refractivity contribution in [3.63, 3.8) is 0 Å². The molecule has 27 heavy (non-hydrogen) atoms. The van der Waals surface area contributed by atoms with Crippen molar-refractivity contribution in [2.24, 2.45) is 0 Å². The van der Waals surface area contributed by atoms with Crippen LogP contribution in [0.3, 0.4) is 0 Å². The Morgan fingerprint density at radius 3 is 2.37 bits per heavy atom. The van der Waals surface area contributed by atoms with Gasteiger partial charge in [0.05, 0.1) is 11.3 Å². The van der Waals surface area contributed by atoms with Gasteiger partial charge in [0.25, 0.3) is 5.91 Å². The van der Waals surface area contributed by atoms with Crippen molar-refractivity contribution in [2.75, 3.05) is 0 Å². The van der Waals surface area contributed by atoms with Crippen molar-refractivity contribution in [2.45, 2.75) is 19.4 Å². The van der Waals surface area contributed by atoms with Crippen LogP contribution in [0.1, 0.15) is 33.3 Å². The summed E-state index contributed by atoms with van der Waals surface area (Å²) in [6.45, 7) is 1.95. The second-order valence-electron chi connectivity index (χ2n) is 5.97. The van der Waals surface area contributed by atoms with Gasteiger partial charge in [-0.1, -0.05) is 30.3 Å². The minimum absolute atomic E-state index is 0. The van der Waals surface area contributed by atoms with Crippen LogP contribution >= 0.6 is 11.3 Å². The normalized spacial score (nSPS) is 11.3. The number of rotatable bonds is 6. The summed E-state index contributed by atoms with van der Waals surface area (Å²) in [6.07, 6.45) is 0.627. The van der Waals surface area contributed by atoms with Gasteiger partial charge in [-0.05, 0) is 31.2 Å². The Labute approximate surface area is 183 Å². The Balaban J connectivity index is 0.00000261. The zero-order chi connectivity index (χ0) is 18.5. The van der Waals surface area contributed by atoms with Crippen LogP contribution in [-0.4, -0.2) is 57.6 Å². The number of amides is 1. The molecule has 0 bridgehead atoms. The number of nitrogens with zero attached hydrogens (tertiary/aromatic N) is 1. The van der Waals surface area contributed by atoms with Gasteiger partial charge in [-0.2, -0.15) is 0 Å². The van der Waals surface area contributed by atoms with Gasteiger partial charge in [-0.3, -0.25) is 4.79 Å². The number of carbonyl (C=O) groups is 2. The summed E-state index contributed by atoms with van der Waals surface area (Å²) in [6, 6.07) is 15.7. The molecule has 1 heterocycles. The summed E-state index contributed by atoms with van der Waals surface area (Å²) in [5.74, 6) is -1.04. The Morgan fingerprint density at radius 1 is 1.07 bits per heavy atom. The molecule has 0 aliphatic carbocycles. The van der Waals surface area contributed by atoms with Gasteiger partial charge in [0.15, 0.2) is 0 Å². The van der Waals surface area contributed by atoms with Crippen LogP contribution in [0, 0.1) is 0 Å². The van der Waals surface area contributed by atoms with Crippen molar-refractivity contribution < 1.29 is 14.7 Å². The van der Waals surface area contributed by atoms with E-state index in [1.165, 1.54) is 11.3 Å². The first-order valence-corrected chi connectivity index (χ1v) is 9.05. The first kappa shape index (κ1) is 21.3. The molecule has 1 unspecified atom stereocenters. The fourth-order valence-corrected chi connectivity index (χ4v) is 3.39. The molecule has 1 aromatic heterocycles. The summed E-state index contributed by atoms with van der Waals surface area (Å²) in [5.41, 5.74) is 2.67. The molecule has 0 spiro atoms. The van der Waals surface area contributed by atoms with Gasteiger partial charge >= 0.3 is 35.5 Å². The zero-order valence-electron chi connectivity index (χ0n) is 14.2. The Hall–Kier alpha value is -1.99. The number of aromatic nitrogens is 1. The molecule has 1 atom stereocenters. The first-order chi connectivity index (χ1) is 12.5. The van der Waals surface area contributed by atoms with Gasteiger partial charge < -0.3 is 10.4 Å². The molecule has 1 amide bonds. The van der Waals surface area contributed by atoms with E-state index in [2.05, 4.69) is 10.3 Å². The summed E-state index contributed by atoms with van der Waals surface area (Å²) < 4.78 is 0. The van der Waals surface area contributed by atoms with Gasteiger partial charge in [0.1, 0.15) is 5.01 Å². The third-order valence-electron chi connectivity index (χ3n) is 3.86. The third-order valence-corrected chi connectivity index (χ3v) is 4.80. The molecule has 3 aromatic rings. The summed E-state index contributed by atoms with van der Waals surface area (Å²) >= 11 is 1.50. The second kappa shape index (κ2) is 9.80. The van der Waals surface area contributed by atoms with Crippen molar-refractivity contribution >= 4 is 52.8 Å². The van der Waals surface area contributed by atoms with Crippen LogP contribution in [0.25, 0.3) is 10.6 Å². The van der Waals surface area contributed by atoms with E-state index in [9.17, 15) is 9.59 Å². The minimum atomic E-state index is -0.945. The van der Waals surface area contributed by atoms with Crippen molar-refractivity contribution in [3.05, 3.63) is 76.8 Å². The Bertz CT molecular complexity index is 910. The van der Waals surface area contributed by atoms with Gasteiger partial charge in [0, 0.05) is 29.0 Å². The molecular formula is C20H19N2NaO3S. The average Bonchev–Trinajstić information content (AvgIpc) is 3.10. The predicted octanol–water partition coefficient (Wildman–Crippen LogP) is 3.22. The average molecular weight is 390 g/mol. The number of aromatic carboxylic acids is 1. The fourth-order valence-electron chi connectivity index (χ4n) is 2.55. The molecule has 2 N–H and O–H groups in total. The van der Waals surface area contributed by atoms with Crippen LogP contribution in [-0.2, 0) is 6.42 Å². The number of carbonyl (C=O) groups excluding carboxylic acids is 1. The van der Waals surface area contributed by atoms with Crippen molar-refractivity contribution in [1.29, 1.82) is 0 Å². The molecular weight excluding hydrogens is 371 g/mol. The van der Waals surface area contributed by atoms with E-state index in [4.69, 9.17) is 5.11 Å². The maximum absolute atomic E-state index is 12.2. The molecule has 5 nitrogen and oxygen atoms in total. The third kappa shape index (κ3) is 5.74. The van der Waals surface area contributed by atoms with E-state index in [0.29, 0.717) is 12.0 Å². The van der Waals surface area contributed by atoms with Crippen LogP contribution in [0.5, 0.6) is 0 Å². The SMILES string of the molecule is CC(Cc1csc(-c2ccc(C(=O)O)cc2)n1)NC(=O)c1ccccc1.[NaH]. The first-order valence-electron chi connectivity index (χ1n) is 8.17. The number of thiazole rings is 1. The molecule has 0 fully saturated rings. The molecule has 3 rings (SSSR count). The quantitative estimate of drug-likeness (QED) is 0.634. The van der Waals surface area contributed by atoms with E-state index in [0.717, 1.165) is 16.3 Å². The standard InChI is InChI=1S/C20H18N2O3S.Na.H/c1-13(21-18(23)14-5-3-2-4-6-14)11-17-12-26-19(22-17)15-7-9-16(10-8-15)20(24)25;;/h2-10,12-13H,11H2,1H3,(H,21,23)(H,24,25);;. The van der Waals surface area contributed by atoms with E-state index >= 15 is 0 Å². The molecule has 0 saturated heterocycles. The van der Waals surface area contributed by atoms with Gasteiger partial charge in [-0.25, -0.2) is 9.78 Å². The molecule has 7 heteroatoms. The van der Waals surface area contributed by atoms with E-state index in [1.807, 2.05) is 30.5 Å². The van der Waals surface area contributed by atoms with E-state index < -0.39 is 5.97 Å². The number of carboxylic acid groups (broad SMARTS) is 1. The fraction of sp³-hybridized carbons (Fsp3) is 0.150. The van der Waals surface area contributed by atoms with Gasteiger partial charge in [0.2, 0.25) is 0 Å². The van der Waals surface area contributed by atoms with Gasteiger partial charge in [-0.15, -0.1) is 11.3 Å². The number of benzene rings is 2. The van der Waals surface area contributed by atoms with E-state index in [-0.39, 0.29) is 47.1 Å². The number of hydrogen-bond acceptors (Lipinski definition) is 4. The summed E-state index contributed by atoms with van der Waals surface area (Å²) in [4.78, 5) is 27.7. The second-order valence-corrected chi connectivity index (χ2v) is 6.83. The molecule has 134 valence electrons. The van der Waals surface area contributed by atoms with Crippen molar-refractivity contribution in [1.82, 2.24) is 10.3 Å². The van der Waals surface area contributed by atoms with Crippen LogP contribution in [0.4, 0.5) is 0 Å². The van der Waals surface area contributed by atoms with E-state index in [1.54, 1.807) is 36.4 Å². The van der Waals surface area contributed by atoms with Crippen LogP contribution in [0.2, 0.25) is 0 Å². The number of carboxylic acids is 1. The number of nitrogens with one attached hydrogen (secondary N) is 1. The molecule has 2 aromatic carbocycles. The zero-order valence-corrected chi connectivity index (χ0v) is 15.0. The Kier molecular flexibility index (Phi) is 7.74. The molecule has 0 aliphatic heterocycles. The number of hydrogen-bond donors (Lipinski definition) is 2. The van der Waals surface area contributed by atoms with Crippen LogP contribution in [0.15, 0.2) is 60.0 Å². The van der Waals surface area contributed by atoms with Crippen LogP contribution < -0.4 is 5.32 Å². The predicted molar refractivity (Wildman–Crippen MR) is 109 cm³/mol. The molecule has 0 saturated carbocycles. The monoisotopic (exact) mass is 390 g/mol. The van der Waals surface area contributed by atoms with Crippen molar-refractivity contribution in [3.8, 4) is 10.6 Å². The summed E-state index contributed by atoms with van der Waals surface area (Å²) in [5, 5.41) is 14.7. The maximum atomic E-state index is 12.2. The molecule has 0 radical (unpaired) electrons. The Morgan fingerprint density at radius 2 is 1.74 bits per heavy atom. The topological polar surface area (TPSA) is 79.3 Å².